The maximum Gasteiger partial charge on any atom is 0.200 e. The van der Waals surface area contributed by atoms with E-state index >= 15 is 0 Å². The van der Waals surface area contributed by atoms with E-state index in [1.807, 2.05) is 0 Å². The normalized spacial score (nSPS) is 22.6. The molecule has 2 aliphatic heterocycles. The first-order valence-electron chi connectivity index (χ1n) is 12.9. The van der Waals surface area contributed by atoms with Gasteiger partial charge in [0.05, 0.1) is 12.0 Å². The standard InChI is InChI=1S/C30H26O13/c31-12-6-17(35)23-22(7-12)42-29(11-4-19(37)26(40)20(38)5-11)27(41)25(23)24-18(36)9-15(33)13-8-21(39)28(43-30(13)24)10-1-2-14(32)16(34)3-10/h1-7,9,21,25,27-29,31-41H,8H2/t21-,25+,27+,28+,29+/m0/s1. The van der Waals surface area contributed by atoms with Crippen molar-refractivity contribution in [1.82, 2.24) is 0 Å². The number of rotatable bonds is 3. The molecule has 224 valence electrons. The van der Waals surface area contributed by atoms with Gasteiger partial charge in [-0.2, -0.15) is 0 Å². The molecule has 6 rings (SSSR count). The first-order chi connectivity index (χ1) is 20.3. The zero-order chi connectivity index (χ0) is 30.9. The Morgan fingerprint density at radius 1 is 0.558 bits per heavy atom. The van der Waals surface area contributed by atoms with Gasteiger partial charge in [-0.25, -0.2) is 0 Å². The molecular formula is C30H26O13. The second kappa shape index (κ2) is 9.86. The highest BCUT2D eigenvalue weighted by atomic mass is 16.5. The Bertz CT molecular complexity index is 1750. The van der Waals surface area contributed by atoms with Gasteiger partial charge in [-0.1, -0.05) is 6.07 Å². The molecule has 11 N–H and O–H groups in total. The third kappa shape index (κ3) is 4.42. The fourth-order valence-corrected chi connectivity index (χ4v) is 5.78. The number of aliphatic hydroxyl groups excluding tert-OH is 2. The Kier molecular flexibility index (Phi) is 6.36. The van der Waals surface area contributed by atoms with Crippen LogP contribution in [0.2, 0.25) is 0 Å². The van der Waals surface area contributed by atoms with E-state index in [9.17, 15) is 56.2 Å². The highest BCUT2D eigenvalue weighted by molar-refractivity contribution is 5.66. The zero-order valence-corrected chi connectivity index (χ0v) is 21.9. The lowest BCUT2D eigenvalue weighted by molar-refractivity contribution is 0.00108. The number of hydrogen-bond donors (Lipinski definition) is 11. The molecule has 5 atom stereocenters. The van der Waals surface area contributed by atoms with E-state index in [0.717, 1.165) is 30.3 Å². The van der Waals surface area contributed by atoms with E-state index in [-0.39, 0.29) is 45.7 Å². The van der Waals surface area contributed by atoms with Crippen LogP contribution >= 0.6 is 0 Å². The fraction of sp³-hybridized carbons (Fsp3) is 0.200. The van der Waals surface area contributed by atoms with Crippen LogP contribution in [0.1, 0.15) is 45.9 Å². The van der Waals surface area contributed by atoms with E-state index < -0.39 is 82.1 Å². The molecule has 0 unspecified atom stereocenters. The van der Waals surface area contributed by atoms with Crippen LogP contribution in [0.3, 0.4) is 0 Å². The Hall–Kier alpha value is -5.40. The predicted molar refractivity (Wildman–Crippen MR) is 145 cm³/mol. The monoisotopic (exact) mass is 594 g/mol. The smallest absolute Gasteiger partial charge is 0.200 e. The van der Waals surface area contributed by atoms with Crippen LogP contribution in [0.25, 0.3) is 0 Å². The lowest BCUT2D eigenvalue weighted by atomic mass is 9.77. The van der Waals surface area contributed by atoms with Crippen molar-refractivity contribution in [1.29, 1.82) is 0 Å². The fourth-order valence-electron chi connectivity index (χ4n) is 5.78. The molecule has 0 aliphatic carbocycles. The minimum atomic E-state index is -1.71. The maximum atomic E-state index is 11.8. The van der Waals surface area contributed by atoms with Gasteiger partial charge < -0.3 is 65.6 Å². The highest BCUT2D eigenvalue weighted by Crippen LogP contribution is 2.57. The molecule has 13 heteroatoms. The summed E-state index contributed by atoms with van der Waals surface area (Å²) in [6.07, 6.45) is -5.81. The van der Waals surface area contributed by atoms with Crippen LogP contribution in [0.5, 0.6) is 63.2 Å². The van der Waals surface area contributed by atoms with Crippen LogP contribution < -0.4 is 9.47 Å². The quantitative estimate of drug-likeness (QED) is 0.153. The summed E-state index contributed by atoms with van der Waals surface area (Å²) in [5.41, 5.74) is 0.0126. The second-order valence-electron chi connectivity index (χ2n) is 10.5. The van der Waals surface area contributed by atoms with E-state index in [1.165, 1.54) is 18.2 Å². The van der Waals surface area contributed by atoms with Crippen LogP contribution in [0.4, 0.5) is 0 Å². The first kappa shape index (κ1) is 27.8. The summed E-state index contributed by atoms with van der Waals surface area (Å²) in [5.74, 6) is -6.87. The molecule has 0 radical (unpaired) electrons. The van der Waals surface area contributed by atoms with Gasteiger partial charge in [0, 0.05) is 46.9 Å². The van der Waals surface area contributed by atoms with Gasteiger partial charge in [0.25, 0.3) is 0 Å². The Balaban J connectivity index is 1.56. The minimum Gasteiger partial charge on any atom is -0.508 e. The zero-order valence-electron chi connectivity index (χ0n) is 21.9. The molecule has 0 saturated heterocycles. The van der Waals surface area contributed by atoms with Crippen molar-refractivity contribution in [2.75, 3.05) is 0 Å². The predicted octanol–water partition coefficient (Wildman–Crippen LogP) is 2.70. The Labute approximate surface area is 242 Å². The third-order valence-corrected chi connectivity index (χ3v) is 7.77. The van der Waals surface area contributed by atoms with Gasteiger partial charge in [0.2, 0.25) is 0 Å². The molecule has 0 bridgehead atoms. The van der Waals surface area contributed by atoms with Gasteiger partial charge in [0.1, 0.15) is 46.7 Å². The summed E-state index contributed by atoms with van der Waals surface area (Å²) in [4.78, 5) is 0. The number of benzene rings is 4. The molecule has 4 aromatic carbocycles. The van der Waals surface area contributed by atoms with Crippen molar-refractivity contribution in [3.05, 3.63) is 76.3 Å². The average Bonchev–Trinajstić information content (AvgIpc) is 2.94. The summed E-state index contributed by atoms with van der Waals surface area (Å²) in [7, 11) is 0. The van der Waals surface area contributed by atoms with Crippen molar-refractivity contribution in [2.45, 2.75) is 36.8 Å². The molecule has 13 nitrogen and oxygen atoms in total. The van der Waals surface area contributed by atoms with Crippen molar-refractivity contribution >= 4 is 0 Å². The summed E-state index contributed by atoms with van der Waals surface area (Å²) in [6, 6.07) is 8.90. The van der Waals surface area contributed by atoms with Crippen LogP contribution in [-0.4, -0.2) is 68.4 Å². The van der Waals surface area contributed by atoms with E-state index in [1.54, 1.807) is 0 Å². The lowest BCUT2D eigenvalue weighted by Crippen LogP contribution is -2.36. The van der Waals surface area contributed by atoms with Crippen molar-refractivity contribution in [3.8, 4) is 63.2 Å². The average molecular weight is 595 g/mol. The first-order valence-corrected chi connectivity index (χ1v) is 12.9. The van der Waals surface area contributed by atoms with Gasteiger partial charge in [-0.3, -0.25) is 0 Å². The molecule has 2 aliphatic rings. The van der Waals surface area contributed by atoms with Gasteiger partial charge >= 0.3 is 0 Å². The molecule has 0 fully saturated rings. The van der Waals surface area contributed by atoms with Crippen molar-refractivity contribution < 1.29 is 65.6 Å². The summed E-state index contributed by atoms with van der Waals surface area (Å²) < 4.78 is 12.0. The number of aliphatic hydroxyl groups is 2. The molecule has 43 heavy (non-hydrogen) atoms. The minimum absolute atomic E-state index is 0.0281. The largest absolute Gasteiger partial charge is 0.508 e. The molecule has 4 aromatic rings. The summed E-state index contributed by atoms with van der Waals surface area (Å²) >= 11 is 0. The highest BCUT2D eigenvalue weighted by Gasteiger charge is 2.46. The second-order valence-corrected chi connectivity index (χ2v) is 10.5. The molecule has 0 saturated carbocycles. The lowest BCUT2D eigenvalue weighted by Gasteiger charge is -2.40. The van der Waals surface area contributed by atoms with Crippen molar-refractivity contribution in [2.24, 2.45) is 0 Å². The number of hydrogen-bond acceptors (Lipinski definition) is 13. The third-order valence-electron chi connectivity index (χ3n) is 7.77. The van der Waals surface area contributed by atoms with Crippen LogP contribution in [-0.2, 0) is 6.42 Å². The van der Waals surface area contributed by atoms with E-state index in [0.29, 0.717) is 0 Å². The summed E-state index contributed by atoms with van der Waals surface area (Å²) in [5, 5.41) is 116. The van der Waals surface area contributed by atoms with E-state index in [4.69, 9.17) is 9.47 Å². The van der Waals surface area contributed by atoms with Gasteiger partial charge in [-0.15, -0.1) is 0 Å². The Morgan fingerprint density at radius 2 is 1.21 bits per heavy atom. The van der Waals surface area contributed by atoms with E-state index in [2.05, 4.69) is 0 Å². The molecule has 0 aromatic heterocycles. The molecule has 2 heterocycles. The number of fused-ring (bicyclic) bond motifs is 2. The topological polar surface area (TPSA) is 241 Å². The van der Waals surface area contributed by atoms with Gasteiger partial charge in [0.15, 0.2) is 34.9 Å². The maximum absolute atomic E-state index is 11.8. The number of phenols is 9. The molecular weight excluding hydrogens is 568 g/mol. The SMILES string of the molecule is Oc1cc(O)c2c(c1)O[C@H](c1cc(O)c(O)c(O)c1)[C@H](O)[C@H]2c1c(O)cc(O)c2c1O[C@H](c1ccc(O)c(O)c1)[C@@H](O)C2. The molecule has 0 amide bonds. The summed E-state index contributed by atoms with van der Waals surface area (Å²) in [6.45, 7) is 0. The van der Waals surface area contributed by atoms with Crippen molar-refractivity contribution in [3.63, 3.8) is 0 Å². The number of phenolic OH excluding ortho intramolecular Hbond substituents is 9. The Morgan fingerprint density at radius 3 is 1.88 bits per heavy atom. The van der Waals surface area contributed by atoms with Gasteiger partial charge in [-0.05, 0) is 29.8 Å². The molecule has 0 spiro atoms. The number of aromatic hydroxyl groups is 9. The van der Waals surface area contributed by atoms with Crippen LogP contribution in [0, 0.1) is 0 Å². The number of ether oxygens (including phenoxy) is 2. The van der Waals surface area contributed by atoms with Crippen LogP contribution in [0.15, 0.2) is 48.5 Å².